The molecule has 0 bridgehead atoms. The van der Waals surface area contributed by atoms with Crippen molar-refractivity contribution in [3.63, 3.8) is 0 Å². The fourth-order valence-corrected chi connectivity index (χ4v) is 3.41. The Hall–Kier alpha value is -1.02. The summed E-state index contributed by atoms with van der Waals surface area (Å²) in [4.78, 5) is 21.0. The first-order valence-corrected chi connectivity index (χ1v) is 8.43. The minimum absolute atomic E-state index is 0.309. The lowest BCUT2D eigenvalue weighted by Crippen LogP contribution is -2.61. The zero-order valence-corrected chi connectivity index (χ0v) is 13.2. The number of piperazine rings is 1. The predicted octanol–water partition coefficient (Wildman–Crippen LogP) is 0.409. The molecule has 1 N–H and O–H groups in total. The van der Waals surface area contributed by atoms with E-state index in [1.807, 2.05) is 12.3 Å². The van der Waals surface area contributed by atoms with Gasteiger partial charge in [-0.2, -0.15) is 0 Å². The number of thiazole rings is 1. The molecule has 3 heterocycles. The molecular weight excluding hydrogens is 288 g/mol. The molecule has 0 spiro atoms. The van der Waals surface area contributed by atoms with E-state index in [4.69, 9.17) is 4.74 Å². The molecule has 1 aromatic heterocycles. The Balaban J connectivity index is 1.47. The van der Waals surface area contributed by atoms with Gasteiger partial charge in [-0.05, 0) is 6.92 Å². The van der Waals surface area contributed by atoms with Crippen molar-refractivity contribution in [3.8, 4) is 0 Å². The third-order valence-electron chi connectivity index (χ3n) is 4.07. The molecule has 2 saturated heterocycles. The number of hydrogen-bond donors (Lipinski definition) is 1. The van der Waals surface area contributed by atoms with Crippen LogP contribution < -0.4 is 5.32 Å². The first-order valence-electron chi connectivity index (χ1n) is 7.55. The minimum Gasteiger partial charge on any atom is -0.461 e. The van der Waals surface area contributed by atoms with Gasteiger partial charge in [0.25, 0.3) is 0 Å². The quantitative estimate of drug-likeness (QED) is 0.795. The van der Waals surface area contributed by atoms with Crippen LogP contribution in [-0.2, 0) is 11.3 Å². The van der Waals surface area contributed by atoms with Gasteiger partial charge in [0, 0.05) is 57.2 Å². The third kappa shape index (κ3) is 3.60. The van der Waals surface area contributed by atoms with Crippen LogP contribution in [0.4, 0.5) is 0 Å². The van der Waals surface area contributed by atoms with Crippen molar-refractivity contribution in [1.82, 2.24) is 20.1 Å². The Kier molecular flexibility index (Phi) is 4.84. The topological polar surface area (TPSA) is 57.7 Å². The predicted molar refractivity (Wildman–Crippen MR) is 81.6 cm³/mol. The summed E-state index contributed by atoms with van der Waals surface area (Å²) in [6, 6.07) is 0.738. The standard InChI is InChI=1S/C14H22N4O2S/c1-2-20-14(19)13-16-11(10-21-13)9-17-3-5-18(6-4-17)12-7-15-8-12/h10,12,15H,2-9H2,1H3. The summed E-state index contributed by atoms with van der Waals surface area (Å²) in [5.41, 5.74) is 0.974. The van der Waals surface area contributed by atoms with Crippen LogP contribution in [0.5, 0.6) is 0 Å². The molecule has 0 radical (unpaired) electrons. The van der Waals surface area contributed by atoms with Gasteiger partial charge >= 0.3 is 5.97 Å². The summed E-state index contributed by atoms with van der Waals surface area (Å²) < 4.78 is 4.97. The van der Waals surface area contributed by atoms with Crippen molar-refractivity contribution in [2.45, 2.75) is 19.5 Å². The maximum Gasteiger partial charge on any atom is 0.367 e. The average Bonchev–Trinajstić information content (AvgIpc) is 2.88. The van der Waals surface area contributed by atoms with E-state index in [0.29, 0.717) is 11.6 Å². The SMILES string of the molecule is CCOC(=O)c1nc(CN2CCN(C3CNC3)CC2)cs1. The largest absolute Gasteiger partial charge is 0.461 e. The zero-order chi connectivity index (χ0) is 14.7. The lowest BCUT2D eigenvalue weighted by Gasteiger charge is -2.43. The summed E-state index contributed by atoms with van der Waals surface area (Å²) >= 11 is 1.37. The molecule has 0 atom stereocenters. The molecule has 0 aliphatic carbocycles. The highest BCUT2D eigenvalue weighted by Gasteiger charge is 2.27. The van der Waals surface area contributed by atoms with Gasteiger partial charge in [0.05, 0.1) is 12.3 Å². The van der Waals surface area contributed by atoms with Gasteiger partial charge in [-0.3, -0.25) is 9.80 Å². The zero-order valence-electron chi connectivity index (χ0n) is 12.4. The van der Waals surface area contributed by atoms with E-state index in [-0.39, 0.29) is 5.97 Å². The molecule has 0 aromatic carbocycles. The smallest absolute Gasteiger partial charge is 0.367 e. The van der Waals surface area contributed by atoms with Gasteiger partial charge < -0.3 is 10.1 Å². The third-order valence-corrected chi connectivity index (χ3v) is 4.94. The van der Waals surface area contributed by atoms with Crippen LogP contribution in [0.3, 0.4) is 0 Å². The van der Waals surface area contributed by atoms with Gasteiger partial charge in [0.1, 0.15) is 0 Å². The number of nitrogens with one attached hydrogen (secondary N) is 1. The molecule has 2 aliphatic heterocycles. The van der Waals surface area contributed by atoms with Gasteiger partial charge in [-0.15, -0.1) is 11.3 Å². The maximum atomic E-state index is 11.6. The van der Waals surface area contributed by atoms with Crippen molar-refractivity contribution in [3.05, 3.63) is 16.1 Å². The van der Waals surface area contributed by atoms with Gasteiger partial charge in [-0.25, -0.2) is 9.78 Å². The Labute approximate surface area is 129 Å². The van der Waals surface area contributed by atoms with Crippen LogP contribution in [0.1, 0.15) is 22.4 Å². The highest BCUT2D eigenvalue weighted by molar-refractivity contribution is 7.11. The summed E-state index contributed by atoms with van der Waals surface area (Å²) in [5, 5.41) is 5.76. The number of aromatic nitrogens is 1. The molecule has 6 nitrogen and oxygen atoms in total. The van der Waals surface area contributed by atoms with E-state index in [9.17, 15) is 4.79 Å². The molecular formula is C14H22N4O2S. The van der Waals surface area contributed by atoms with Crippen molar-refractivity contribution in [2.75, 3.05) is 45.9 Å². The molecule has 0 amide bonds. The number of nitrogens with zero attached hydrogens (tertiary/aromatic N) is 3. The number of carbonyl (C=O) groups excluding carboxylic acids is 1. The Bertz CT molecular complexity index is 481. The van der Waals surface area contributed by atoms with E-state index in [1.54, 1.807) is 0 Å². The Morgan fingerprint density at radius 2 is 2.19 bits per heavy atom. The Morgan fingerprint density at radius 1 is 1.43 bits per heavy atom. The first-order chi connectivity index (χ1) is 10.3. The van der Waals surface area contributed by atoms with E-state index < -0.39 is 0 Å². The van der Waals surface area contributed by atoms with Gasteiger partial charge in [-0.1, -0.05) is 0 Å². The second-order valence-corrected chi connectivity index (χ2v) is 6.35. The number of hydrogen-bond acceptors (Lipinski definition) is 7. The van der Waals surface area contributed by atoms with Gasteiger partial charge in [0.2, 0.25) is 5.01 Å². The van der Waals surface area contributed by atoms with Crippen LogP contribution >= 0.6 is 11.3 Å². The molecule has 1 aromatic rings. The molecule has 0 unspecified atom stereocenters. The molecule has 3 rings (SSSR count). The number of rotatable bonds is 5. The maximum absolute atomic E-state index is 11.6. The Morgan fingerprint density at radius 3 is 2.81 bits per heavy atom. The van der Waals surface area contributed by atoms with Crippen molar-refractivity contribution >= 4 is 17.3 Å². The summed E-state index contributed by atoms with van der Waals surface area (Å²) in [6.45, 7) is 9.69. The number of ether oxygens (including phenoxy) is 1. The summed E-state index contributed by atoms with van der Waals surface area (Å²) in [5.74, 6) is -0.309. The summed E-state index contributed by atoms with van der Waals surface area (Å²) in [7, 11) is 0. The fourth-order valence-electron chi connectivity index (χ4n) is 2.71. The van der Waals surface area contributed by atoms with Crippen molar-refractivity contribution in [2.24, 2.45) is 0 Å². The van der Waals surface area contributed by atoms with Gasteiger partial charge in [0.15, 0.2) is 0 Å². The minimum atomic E-state index is -0.309. The van der Waals surface area contributed by atoms with Crippen molar-refractivity contribution in [1.29, 1.82) is 0 Å². The average molecular weight is 310 g/mol. The molecule has 116 valence electrons. The molecule has 0 saturated carbocycles. The summed E-state index contributed by atoms with van der Waals surface area (Å²) in [6.07, 6.45) is 0. The van der Waals surface area contributed by atoms with E-state index in [1.165, 1.54) is 11.3 Å². The van der Waals surface area contributed by atoms with E-state index in [0.717, 1.165) is 57.5 Å². The monoisotopic (exact) mass is 310 g/mol. The van der Waals surface area contributed by atoms with Crippen molar-refractivity contribution < 1.29 is 9.53 Å². The van der Waals surface area contributed by atoms with E-state index >= 15 is 0 Å². The molecule has 21 heavy (non-hydrogen) atoms. The van der Waals surface area contributed by atoms with E-state index in [2.05, 4.69) is 20.1 Å². The first kappa shape index (κ1) is 14.9. The van der Waals surface area contributed by atoms with Crippen LogP contribution in [0.15, 0.2) is 5.38 Å². The molecule has 7 heteroatoms. The normalized spacial score (nSPS) is 21.2. The van der Waals surface area contributed by atoms with Crippen LogP contribution in [0.2, 0.25) is 0 Å². The number of esters is 1. The second-order valence-electron chi connectivity index (χ2n) is 5.49. The lowest BCUT2D eigenvalue weighted by atomic mass is 10.1. The van der Waals surface area contributed by atoms with Crippen LogP contribution in [0, 0.1) is 0 Å². The lowest BCUT2D eigenvalue weighted by molar-refractivity contribution is 0.0524. The molecule has 2 fully saturated rings. The van der Waals surface area contributed by atoms with Crippen LogP contribution in [0.25, 0.3) is 0 Å². The fraction of sp³-hybridized carbons (Fsp3) is 0.714. The highest BCUT2D eigenvalue weighted by atomic mass is 32.1. The number of carbonyl (C=O) groups is 1. The van der Waals surface area contributed by atoms with Crippen LogP contribution in [-0.4, -0.2) is 72.7 Å². The second kappa shape index (κ2) is 6.83. The molecule has 2 aliphatic rings. The highest BCUT2D eigenvalue weighted by Crippen LogP contribution is 2.15.